The summed E-state index contributed by atoms with van der Waals surface area (Å²) in [4.78, 5) is 32.7. The second-order valence-corrected chi connectivity index (χ2v) is 8.68. The zero-order chi connectivity index (χ0) is 22.0. The Balaban J connectivity index is 0.00000256. The van der Waals surface area contributed by atoms with Crippen molar-refractivity contribution in [1.82, 2.24) is 19.6 Å². The van der Waals surface area contributed by atoms with E-state index < -0.39 is 0 Å². The standard InChI is InChI=1S/C24H32N4O2.2ClH/c1-15(2)18-7-9-21-20(13-18)24(30)28-14-19(8-10-22(28)26-21)23(29)25-11-12-27(16(3)4)17(5)6;;/h7-10,13-17H,11-12H2,1-6H3,(H,25,29);2*1H. The highest BCUT2D eigenvalue weighted by Crippen LogP contribution is 2.19. The van der Waals surface area contributed by atoms with E-state index in [0.29, 0.717) is 46.7 Å². The second-order valence-electron chi connectivity index (χ2n) is 8.68. The number of fused-ring (bicyclic) bond motifs is 2. The first kappa shape index (κ1) is 27.9. The molecule has 0 saturated carbocycles. The normalized spacial score (nSPS) is 11.3. The Morgan fingerprint density at radius 2 is 1.69 bits per heavy atom. The number of halogens is 2. The lowest BCUT2D eigenvalue weighted by molar-refractivity contribution is 0.0939. The van der Waals surface area contributed by atoms with Crippen molar-refractivity contribution in [1.29, 1.82) is 0 Å². The molecule has 3 rings (SSSR count). The van der Waals surface area contributed by atoms with Crippen LogP contribution in [0.2, 0.25) is 0 Å². The molecule has 176 valence electrons. The van der Waals surface area contributed by atoms with E-state index >= 15 is 0 Å². The molecule has 0 radical (unpaired) electrons. The number of amides is 1. The Morgan fingerprint density at radius 1 is 1.03 bits per heavy atom. The summed E-state index contributed by atoms with van der Waals surface area (Å²) in [6.07, 6.45) is 1.59. The number of hydrogen-bond donors (Lipinski definition) is 1. The average Bonchev–Trinajstić information content (AvgIpc) is 2.70. The van der Waals surface area contributed by atoms with Crippen LogP contribution in [0.25, 0.3) is 16.6 Å². The maximum Gasteiger partial charge on any atom is 0.265 e. The molecule has 32 heavy (non-hydrogen) atoms. The molecule has 0 unspecified atom stereocenters. The summed E-state index contributed by atoms with van der Waals surface area (Å²) in [7, 11) is 0. The fourth-order valence-electron chi connectivity index (χ4n) is 3.83. The van der Waals surface area contributed by atoms with Gasteiger partial charge in [-0.1, -0.05) is 19.9 Å². The van der Waals surface area contributed by atoms with Crippen molar-refractivity contribution in [2.24, 2.45) is 0 Å². The summed E-state index contributed by atoms with van der Waals surface area (Å²) in [5.74, 6) is 0.134. The van der Waals surface area contributed by atoms with Gasteiger partial charge in [-0.25, -0.2) is 4.98 Å². The Morgan fingerprint density at radius 3 is 2.28 bits per heavy atom. The van der Waals surface area contributed by atoms with E-state index in [-0.39, 0.29) is 36.3 Å². The third-order valence-corrected chi connectivity index (χ3v) is 5.54. The SMILES string of the molecule is CC(C)c1ccc2nc3ccc(C(=O)NCCN(C(C)C)C(C)C)cn3c(=O)c2c1.Cl.Cl. The lowest BCUT2D eigenvalue weighted by atomic mass is 10.0. The molecule has 0 atom stereocenters. The lowest BCUT2D eigenvalue weighted by Gasteiger charge is -2.30. The predicted octanol–water partition coefficient (Wildman–Crippen LogP) is 4.66. The van der Waals surface area contributed by atoms with Gasteiger partial charge in [-0.15, -0.1) is 24.8 Å². The molecular weight excluding hydrogens is 447 g/mol. The first-order valence-electron chi connectivity index (χ1n) is 10.7. The second kappa shape index (κ2) is 11.6. The van der Waals surface area contributed by atoms with Gasteiger partial charge in [0.1, 0.15) is 5.65 Å². The number of rotatable bonds is 7. The number of nitrogens with zero attached hydrogens (tertiary/aromatic N) is 3. The van der Waals surface area contributed by atoms with E-state index in [0.717, 1.165) is 12.1 Å². The predicted molar refractivity (Wildman–Crippen MR) is 137 cm³/mol. The summed E-state index contributed by atoms with van der Waals surface area (Å²) < 4.78 is 1.47. The van der Waals surface area contributed by atoms with Gasteiger partial charge in [0.2, 0.25) is 0 Å². The molecule has 1 aromatic carbocycles. The van der Waals surface area contributed by atoms with Crippen LogP contribution in [0.5, 0.6) is 0 Å². The van der Waals surface area contributed by atoms with Gasteiger partial charge in [-0.05, 0) is 63.4 Å². The molecule has 2 aromatic heterocycles. The van der Waals surface area contributed by atoms with Gasteiger partial charge in [-0.3, -0.25) is 18.9 Å². The minimum absolute atomic E-state index is 0. The van der Waals surface area contributed by atoms with Crippen molar-refractivity contribution < 1.29 is 4.79 Å². The van der Waals surface area contributed by atoms with Crippen molar-refractivity contribution in [2.45, 2.75) is 59.5 Å². The Bertz CT molecular complexity index is 1120. The Hall–Kier alpha value is -2.15. The summed E-state index contributed by atoms with van der Waals surface area (Å²) in [5, 5.41) is 3.54. The molecule has 0 aliphatic carbocycles. The van der Waals surface area contributed by atoms with E-state index in [2.05, 4.69) is 56.7 Å². The summed E-state index contributed by atoms with van der Waals surface area (Å²) >= 11 is 0. The molecule has 8 heteroatoms. The highest BCUT2D eigenvalue weighted by molar-refractivity contribution is 5.94. The van der Waals surface area contributed by atoms with Crippen molar-refractivity contribution in [2.75, 3.05) is 13.1 Å². The lowest BCUT2D eigenvalue weighted by Crippen LogP contribution is -2.42. The quantitative estimate of drug-likeness (QED) is 0.499. The van der Waals surface area contributed by atoms with E-state index in [1.165, 1.54) is 4.40 Å². The van der Waals surface area contributed by atoms with E-state index in [1.54, 1.807) is 18.3 Å². The minimum Gasteiger partial charge on any atom is -0.351 e. The zero-order valence-electron chi connectivity index (χ0n) is 19.6. The molecule has 0 saturated heterocycles. The van der Waals surface area contributed by atoms with E-state index in [9.17, 15) is 9.59 Å². The van der Waals surface area contributed by atoms with Gasteiger partial charge in [0, 0.05) is 31.4 Å². The zero-order valence-corrected chi connectivity index (χ0v) is 21.2. The number of benzene rings is 1. The molecule has 1 N–H and O–H groups in total. The Labute approximate surface area is 202 Å². The van der Waals surface area contributed by atoms with Crippen LogP contribution in [0.4, 0.5) is 0 Å². The summed E-state index contributed by atoms with van der Waals surface area (Å²) in [6, 6.07) is 10.1. The van der Waals surface area contributed by atoms with Crippen LogP contribution >= 0.6 is 24.8 Å². The topological polar surface area (TPSA) is 66.7 Å². The van der Waals surface area contributed by atoms with Gasteiger partial charge in [0.05, 0.1) is 16.5 Å². The molecule has 2 heterocycles. The van der Waals surface area contributed by atoms with Gasteiger partial charge < -0.3 is 5.32 Å². The Kier molecular flexibility index (Phi) is 10.1. The van der Waals surface area contributed by atoms with Crippen molar-refractivity contribution >= 4 is 47.3 Å². The molecule has 3 aromatic rings. The van der Waals surface area contributed by atoms with Gasteiger partial charge in [0.15, 0.2) is 0 Å². The molecule has 0 aliphatic heterocycles. The highest BCUT2D eigenvalue weighted by Gasteiger charge is 2.14. The van der Waals surface area contributed by atoms with Crippen LogP contribution < -0.4 is 10.9 Å². The third kappa shape index (κ3) is 6.00. The minimum atomic E-state index is -0.188. The van der Waals surface area contributed by atoms with Crippen LogP contribution in [-0.4, -0.2) is 45.4 Å². The number of carbonyl (C=O) groups excluding carboxylic acids is 1. The largest absolute Gasteiger partial charge is 0.351 e. The number of aromatic nitrogens is 2. The van der Waals surface area contributed by atoms with Crippen molar-refractivity contribution in [3.05, 3.63) is 58.0 Å². The van der Waals surface area contributed by atoms with E-state index in [4.69, 9.17) is 0 Å². The number of pyridine rings is 1. The van der Waals surface area contributed by atoms with Gasteiger partial charge >= 0.3 is 0 Å². The molecular formula is C24H34Cl2N4O2. The third-order valence-electron chi connectivity index (χ3n) is 5.54. The smallest absolute Gasteiger partial charge is 0.265 e. The molecule has 0 bridgehead atoms. The number of carbonyl (C=O) groups is 1. The van der Waals surface area contributed by atoms with Crippen LogP contribution in [0.1, 0.15) is 63.4 Å². The van der Waals surface area contributed by atoms with Gasteiger partial charge in [0.25, 0.3) is 11.5 Å². The fraction of sp³-hybridized carbons (Fsp3) is 0.458. The molecule has 1 amide bonds. The maximum atomic E-state index is 13.1. The first-order valence-corrected chi connectivity index (χ1v) is 10.7. The monoisotopic (exact) mass is 480 g/mol. The number of nitrogens with one attached hydrogen (secondary N) is 1. The van der Waals surface area contributed by atoms with Crippen LogP contribution in [-0.2, 0) is 0 Å². The maximum absolute atomic E-state index is 13.1. The van der Waals surface area contributed by atoms with Crippen LogP contribution in [0.3, 0.4) is 0 Å². The summed E-state index contributed by atoms with van der Waals surface area (Å²) in [6.45, 7) is 14.1. The highest BCUT2D eigenvalue weighted by atomic mass is 35.5. The van der Waals surface area contributed by atoms with Crippen molar-refractivity contribution in [3.63, 3.8) is 0 Å². The van der Waals surface area contributed by atoms with Crippen LogP contribution in [0, 0.1) is 0 Å². The van der Waals surface area contributed by atoms with Crippen molar-refractivity contribution in [3.8, 4) is 0 Å². The first-order chi connectivity index (χ1) is 14.2. The summed E-state index contributed by atoms with van der Waals surface area (Å²) in [5.41, 5.74) is 2.59. The number of hydrogen-bond acceptors (Lipinski definition) is 4. The molecule has 6 nitrogen and oxygen atoms in total. The molecule has 0 fully saturated rings. The fourth-order valence-corrected chi connectivity index (χ4v) is 3.83. The molecule has 0 aliphatic rings. The average molecular weight is 481 g/mol. The van der Waals surface area contributed by atoms with E-state index in [1.807, 2.05) is 18.2 Å². The molecule has 0 spiro atoms. The van der Waals surface area contributed by atoms with Crippen LogP contribution in [0.15, 0.2) is 41.3 Å². The van der Waals surface area contributed by atoms with Gasteiger partial charge in [-0.2, -0.15) is 0 Å².